The van der Waals surface area contributed by atoms with Crippen LogP contribution >= 0.6 is 0 Å². The number of fused-ring (bicyclic) bond motifs is 2. The van der Waals surface area contributed by atoms with Gasteiger partial charge in [-0.1, -0.05) is 0 Å². The minimum atomic E-state index is -3.73. The van der Waals surface area contributed by atoms with Crippen LogP contribution in [0.1, 0.15) is 24.7 Å². The molecule has 0 radical (unpaired) electrons. The number of imidazole rings is 1. The second-order valence-electron chi connectivity index (χ2n) is 5.44. The maximum absolute atomic E-state index is 12.6. The lowest BCUT2D eigenvalue weighted by Gasteiger charge is -2.23. The van der Waals surface area contributed by atoms with Gasteiger partial charge in [0.1, 0.15) is 12.2 Å². The number of rotatable bonds is 3. The normalized spacial score (nSPS) is 18.2. The quantitative estimate of drug-likeness (QED) is 0.633. The van der Waals surface area contributed by atoms with Gasteiger partial charge >= 0.3 is 5.69 Å². The summed E-state index contributed by atoms with van der Waals surface area (Å²) < 4.78 is 29.6. The highest BCUT2D eigenvalue weighted by Crippen LogP contribution is 2.25. The van der Waals surface area contributed by atoms with Gasteiger partial charge in [0.25, 0.3) is 0 Å². The zero-order valence-corrected chi connectivity index (χ0v) is 12.8. The number of H-pyrrole nitrogens is 2. The van der Waals surface area contributed by atoms with E-state index in [1.807, 2.05) is 0 Å². The number of aryl methyl sites for hydroxylation is 1. The van der Waals surface area contributed by atoms with Crippen molar-refractivity contribution < 1.29 is 8.42 Å². The lowest BCUT2D eigenvalue weighted by atomic mass is 10.1. The predicted molar refractivity (Wildman–Crippen MR) is 81.2 cm³/mol. The molecule has 0 amide bonds. The van der Waals surface area contributed by atoms with Crippen molar-refractivity contribution in [3.05, 3.63) is 40.8 Å². The van der Waals surface area contributed by atoms with E-state index in [4.69, 9.17) is 0 Å². The molecule has 1 atom stereocenters. The van der Waals surface area contributed by atoms with Crippen molar-refractivity contribution in [2.75, 3.05) is 0 Å². The highest BCUT2D eigenvalue weighted by Gasteiger charge is 2.27. The lowest BCUT2D eigenvalue weighted by Crippen LogP contribution is -2.33. The molecular weight excluding hydrogens is 320 g/mol. The first kappa shape index (κ1) is 14.2. The van der Waals surface area contributed by atoms with Gasteiger partial charge in [-0.25, -0.2) is 27.6 Å². The van der Waals surface area contributed by atoms with Crippen molar-refractivity contribution >= 4 is 21.1 Å². The van der Waals surface area contributed by atoms with Gasteiger partial charge < -0.3 is 9.97 Å². The molecular formula is C13H14N6O3S. The fourth-order valence-electron chi connectivity index (χ4n) is 2.84. The summed E-state index contributed by atoms with van der Waals surface area (Å²) >= 11 is 0. The van der Waals surface area contributed by atoms with E-state index < -0.39 is 16.1 Å². The fourth-order valence-corrected chi connectivity index (χ4v) is 4.09. The van der Waals surface area contributed by atoms with Gasteiger partial charge in [-0.3, -0.25) is 0 Å². The number of hydrogen-bond donors (Lipinski definition) is 3. The average molecular weight is 334 g/mol. The number of sulfonamides is 1. The second kappa shape index (κ2) is 5.03. The summed E-state index contributed by atoms with van der Waals surface area (Å²) in [4.78, 5) is 20.7. The minimum absolute atomic E-state index is 0.0943. The molecule has 2 aromatic heterocycles. The molecule has 1 aliphatic heterocycles. The van der Waals surface area contributed by atoms with Crippen LogP contribution in [0.25, 0.3) is 11.0 Å². The Morgan fingerprint density at radius 2 is 2.09 bits per heavy atom. The van der Waals surface area contributed by atoms with Crippen molar-refractivity contribution in [3.8, 4) is 0 Å². The van der Waals surface area contributed by atoms with Crippen molar-refractivity contribution in [2.45, 2.75) is 30.3 Å². The number of aromatic amines is 2. The third-order valence-corrected chi connectivity index (χ3v) is 5.38. The van der Waals surface area contributed by atoms with Crippen LogP contribution in [0.15, 0.2) is 34.2 Å². The Hall–Kier alpha value is -2.46. The first-order chi connectivity index (χ1) is 11.0. The maximum atomic E-state index is 12.6. The largest absolute Gasteiger partial charge is 0.323 e. The number of hydrogen-bond acceptors (Lipinski definition) is 5. The van der Waals surface area contributed by atoms with Crippen LogP contribution in [-0.4, -0.2) is 33.2 Å². The molecule has 1 unspecified atom stereocenters. The van der Waals surface area contributed by atoms with E-state index in [2.05, 4.69) is 24.8 Å². The Balaban J connectivity index is 1.69. The maximum Gasteiger partial charge on any atom is 0.323 e. The summed E-state index contributed by atoms with van der Waals surface area (Å²) in [5.41, 5.74) is 0.638. The summed E-state index contributed by atoms with van der Waals surface area (Å²) in [6, 6.07) is 4.05. The second-order valence-corrected chi connectivity index (χ2v) is 7.16. The fraction of sp³-hybridized carbons (Fsp3) is 0.308. The van der Waals surface area contributed by atoms with E-state index in [9.17, 15) is 13.2 Å². The van der Waals surface area contributed by atoms with Crippen LogP contribution in [0.3, 0.4) is 0 Å². The van der Waals surface area contributed by atoms with Gasteiger partial charge in [-0.15, -0.1) is 0 Å². The molecule has 0 spiro atoms. The van der Waals surface area contributed by atoms with Crippen molar-refractivity contribution in [3.63, 3.8) is 0 Å². The molecule has 1 aromatic carbocycles. The van der Waals surface area contributed by atoms with Gasteiger partial charge in [0.05, 0.1) is 22.0 Å². The first-order valence-corrected chi connectivity index (χ1v) is 8.63. The Kier molecular flexibility index (Phi) is 3.10. The highest BCUT2D eigenvalue weighted by atomic mass is 32.2. The van der Waals surface area contributed by atoms with E-state index in [0.717, 1.165) is 13.0 Å². The number of nitrogens with one attached hydrogen (secondary N) is 3. The van der Waals surface area contributed by atoms with Crippen LogP contribution in [0.2, 0.25) is 0 Å². The molecule has 10 heteroatoms. The Bertz CT molecular complexity index is 1030. The van der Waals surface area contributed by atoms with Crippen LogP contribution in [0, 0.1) is 0 Å². The highest BCUT2D eigenvalue weighted by molar-refractivity contribution is 7.89. The smallest absolute Gasteiger partial charge is 0.306 e. The standard InChI is InChI=1S/C13H14N6O3S/c20-13-16-9-4-3-8(6-11(9)17-13)23(21,22)18-10-2-1-5-19-12(10)14-7-15-19/h3-4,6-7,10,18H,1-2,5H2,(H2,16,17,20). The van der Waals surface area contributed by atoms with Crippen LogP contribution in [-0.2, 0) is 16.6 Å². The third kappa shape index (κ3) is 2.45. The van der Waals surface area contributed by atoms with E-state index >= 15 is 0 Å². The molecule has 0 fully saturated rings. The SMILES string of the molecule is O=c1[nH]c2ccc(S(=O)(=O)NC3CCCn4ncnc43)cc2[nH]1. The average Bonchev–Trinajstić information content (AvgIpc) is 3.11. The molecule has 9 nitrogen and oxygen atoms in total. The summed E-state index contributed by atoms with van der Waals surface area (Å²) in [5.74, 6) is 0.621. The molecule has 0 saturated heterocycles. The molecule has 1 aliphatic rings. The summed E-state index contributed by atoms with van der Waals surface area (Å²) in [5, 5.41) is 4.08. The van der Waals surface area contributed by atoms with Gasteiger partial charge in [0.15, 0.2) is 0 Å². The van der Waals surface area contributed by atoms with Gasteiger partial charge in [-0.2, -0.15) is 5.10 Å². The van der Waals surface area contributed by atoms with Gasteiger partial charge in [-0.05, 0) is 31.0 Å². The Morgan fingerprint density at radius 3 is 2.96 bits per heavy atom. The molecule has 120 valence electrons. The molecule has 0 aliphatic carbocycles. The third-order valence-electron chi connectivity index (χ3n) is 3.92. The van der Waals surface area contributed by atoms with Crippen molar-refractivity contribution in [2.24, 2.45) is 0 Å². The topological polar surface area (TPSA) is 126 Å². The minimum Gasteiger partial charge on any atom is -0.306 e. The van der Waals surface area contributed by atoms with Crippen molar-refractivity contribution in [1.29, 1.82) is 0 Å². The number of aromatic nitrogens is 5. The zero-order chi connectivity index (χ0) is 16.0. The summed E-state index contributed by atoms with van der Waals surface area (Å²) in [6.07, 6.45) is 2.92. The first-order valence-electron chi connectivity index (χ1n) is 7.15. The number of nitrogens with zero attached hydrogens (tertiary/aromatic N) is 3. The van der Waals surface area contributed by atoms with Crippen molar-refractivity contribution in [1.82, 2.24) is 29.5 Å². The predicted octanol–water partition coefficient (Wildman–Crippen LogP) is 0.261. The molecule has 3 heterocycles. The molecule has 23 heavy (non-hydrogen) atoms. The van der Waals surface area contributed by atoms with E-state index in [1.54, 1.807) is 10.7 Å². The van der Waals surface area contributed by atoms with Gasteiger partial charge in [0.2, 0.25) is 10.0 Å². The molecule has 4 rings (SSSR count). The Morgan fingerprint density at radius 1 is 1.26 bits per heavy atom. The molecule has 3 N–H and O–H groups in total. The monoisotopic (exact) mass is 334 g/mol. The molecule has 3 aromatic rings. The van der Waals surface area contributed by atoms with Gasteiger partial charge in [0, 0.05) is 6.54 Å². The summed E-state index contributed by atoms with van der Waals surface area (Å²) in [6.45, 7) is 0.740. The van der Waals surface area contributed by atoms with Crippen LogP contribution in [0.5, 0.6) is 0 Å². The Labute approximate surface area is 130 Å². The van der Waals surface area contributed by atoms with E-state index in [-0.39, 0.29) is 10.6 Å². The summed E-state index contributed by atoms with van der Waals surface area (Å²) in [7, 11) is -3.73. The van der Waals surface area contributed by atoms with E-state index in [0.29, 0.717) is 23.3 Å². The van der Waals surface area contributed by atoms with E-state index in [1.165, 1.54) is 18.5 Å². The van der Waals surface area contributed by atoms with Crippen LogP contribution < -0.4 is 10.4 Å². The zero-order valence-electron chi connectivity index (χ0n) is 12.0. The van der Waals surface area contributed by atoms with Crippen LogP contribution in [0.4, 0.5) is 0 Å². The lowest BCUT2D eigenvalue weighted by molar-refractivity contribution is 0.400. The number of benzene rings is 1. The molecule has 0 saturated carbocycles. The molecule has 0 bridgehead atoms.